The Morgan fingerprint density at radius 3 is 2.70 bits per heavy atom. The van der Waals surface area contributed by atoms with Crippen molar-refractivity contribution in [3.63, 3.8) is 0 Å². The van der Waals surface area contributed by atoms with E-state index in [0.717, 1.165) is 4.88 Å². The molecule has 0 aliphatic carbocycles. The van der Waals surface area contributed by atoms with E-state index in [0.29, 0.717) is 21.8 Å². The first-order chi connectivity index (χ1) is 10.9. The molecule has 4 N–H and O–H groups in total. The van der Waals surface area contributed by atoms with Crippen LogP contribution in [-0.4, -0.2) is 31.9 Å². The molecule has 7 nitrogen and oxygen atoms in total. The van der Waals surface area contributed by atoms with E-state index < -0.39 is 11.9 Å². The number of hydrogen-bond donors (Lipinski definition) is 3. The van der Waals surface area contributed by atoms with Crippen LogP contribution in [0.15, 0.2) is 18.5 Å². The van der Waals surface area contributed by atoms with Gasteiger partial charge in [0.05, 0.1) is 16.6 Å². The number of carbonyl (C=O) groups excluding carboxylic acids is 1. The summed E-state index contributed by atoms with van der Waals surface area (Å²) >= 11 is 1.41. The number of carbonyl (C=O) groups is 2. The molecule has 0 aromatic carbocycles. The number of nitrogens with zero attached hydrogens (tertiary/aromatic N) is 2. The lowest BCUT2D eigenvalue weighted by atomic mass is 10.1. The van der Waals surface area contributed by atoms with Crippen LogP contribution in [0.5, 0.6) is 0 Å². The van der Waals surface area contributed by atoms with E-state index in [1.54, 1.807) is 6.07 Å². The Hall–Kier alpha value is -2.74. The molecule has 0 radical (unpaired) electrons. The van der Waals surface area contributed by atoms with E-state index >= 15 is 0 Å². The maximum atomic E-state index is 11.7. The Balaban J connectivity index is 2.22. The molecule has 0 saturated heterocycles. The highest BCUT2D eigenvalue weighted by atomic mass is 32.1. The second kappa shape index (κ2) is 5.47. The van der Waals surface area contributed by atoms with Crippen LogP contribution < -0.4 is 5.73 Å². The molecule has 0 atom stereocenters. The van der Waals surface area contributed by atoms with Gasteiger partial charge in [0, 0.05) is 11.1 Å². The lowest BCUT2D eigenvalue weighted by Gasteiger charge is -2.01. The number of carboxylic acid groups (broad SMARTS) is 1. The summed E-state index contributed by atoms with van der Waals surface area (Å²) in [7, 11) is 0. The predicted octanol–water partition coefficient (Wildman–Crippen LogP) is 2.61. The number of H-pyrrole nitrogens is 1. The van der Waals surface area contributed by atoms with Crippen LogP contribution >= 0.6 is 11.3 Å². The fraction of sp³-hybridized carbons (Fsp3) is 0.200. The molecule has 3 heterocycles. The quantitative estimate of drug-likeness (QED) is 0.678. The van der Waals surface area contributed by atoms with Gasteiger partial charge in [-0.2, -0.15) is 0 Å². The van der Waals surface area contributed by atoms with Crippen molar-refractivity contribution in [2.75, 3.05) is 0 Å². The zero-order valence-corrected chi connectivity index (χ0v) is 13.3. The van der Waals surface area contributed by atoms with Crippen LogP contribution in [0.1, 0.15) is 45.4 Å². The minimum absolute atomic E-state index is 0.0376. The number of rotatable bonds is 4. The van der Waals surface area contributed by atoms with Crippen molar-refractivity contribution in [3.8, 4) is 10.6 Å². The Labute approximate surface area is 135 Å². The number of amides is 1. The molecule has 0 unspecified atom stereocenters. The minimum Gasteiger partial charge on any atom is -0.478 e. The van der Waals surface area contributed by atoms with E-state index in [-0.39, 0.29) is 17.0 Å². The molecular formula is C15H14N4O3S. The van der Waals surface area contributed by atoms with Crippen LogP contribution in [0.3, 0.4) is 0 Å². The fourth-order valence-corrected chi connectivity index (χ4v) is 3.35. The van der Waals surface area contributed by atoms with Crippen molar-refractivity contribution >= 4 is 34.4 Å². The number of hydrogen-bond acceptors (Lipinski definition) is 5. The largest absolute Gasteiger partial charge is 0.478 e. The minimum atomic E-state index is -1.09. The van der Waals surface area contributed by atoms with E-state index in [9.17, 15) is 14.7 Å². The van der Waals surface area contributed by atoms with Crippen molar-refractivity contribution in [2.45, 2.75) is 19.8 Å². The maximum absolute atomic E-state index is 11.7. The molecule has 3 aromatic heterocycles. The molecule has 0 aliphatic rings. The average Bonchev–Trinajstić information content (AvgIpc) is 3.10. The van der Waals surface area contributed by atoms with E-state index in [4.69, 9.17) is 5.73 Å². The van der Waals surface area contributed by atoms with Crippen molar-refractivity contribution < 1.29 is 14.7 Å². The molecule has 0 aliphatic heterocycles. The molecule has 118 valence electrons. The zero-order chi connectivity index (χ0) is 16.7. The molecule has 0 fully saturated rings. The van der Waals surface area contributed by atoms with Crippen molar-refractivity contribution in [3.05, 3.63) is 34.5 Å². The summed E-state index contributed by atoms with van der Waals surface area (Å²) in [5, 5.41) is 9.19. The predicted molar refractivity (Wildman–Crippen MR) is 86.8 cm³/mol. The van der Waals surface area contributed by atoms with Gasteiger partial charge in [0.25, 0.3) is 0 Å². The summed E-state index contributed by atoms with van der Waals surface area (Å²) in [5.74, 6) is -1.39. The highest BCUT2D eigenvalue weighted by Crippen LogP contribution is 2.35. The highest BCUT2D eigenvalue weighted by molar-refractivity contribution is 7.16. The van der Waals surface area contributed by atoms with E-state index in [1.807, 2.05) is 13.8 Å². The van der Waals surface area contributed by atoms with Gasteiger partial charge in [0.15, 0.2) is 5.65 Å². The highest BCUT2D eigenvalue weighted by Gasteiger charge is 2.20. The number of fused-ring (bicyclic) bond motifs is 1. The van der Waals surface area contributed by atoms with Crippen molar-refractivity contribution in [2.24, 2.45) is 5.73 Å². The van der Waals surface area contributed by atoms with Gasteiger partial charge in [-0.15, -0.1) is 11.3 Å². The lowest BCUT2D eigenvalue weighted by Crippen LogP contribution is -2.11. The van der Waals surface area contributed by atoms with Crippen LogP contribution in [0.25, 0.3) is 21.7 Å². The summed E-state index contributed by atoms with van der Waals surface area (Å²) in [6.45, 7) is 4.04. The van der Waals surface area contributed by atoms with E-state index in [1.165, 1.54) is 23.7 Å². The molecule has 3 rings (SSSR count). The molecular weight excluding hydrogens is 316 g/mol. The summed E-state index contributed by atoms with van der Waals surface area (Å²) in [6, 6.07) is 1.76. The normalized spacial score (nSPS) is 11.3. The van der Waals surface area contributed by atoms with Crippen LogP contribution in [0.2, 0.25) is 0 Å². The number of thiophene rings is 1. The maximum Gasteiger partial charge on any atom is 0.339 e. The lowest BCUT2D eigenvalue weighted by molar-refractivity contribution is 0.0698. The first kappa shape index (κ1) is 15.2. The first-order valence-electron chi connectivity index (χ1n) is 6.89. The molecule has 0 saturated carbocycles. The number of primary amides is 1. The van der Waals surface area contributed by atoms with Gasteiger partial charge >= 0.3 is 5.97 Å². The Morgan fingerprint density at radius 1 is 1.35 bits per heavy atom. The Morgan fingerprint density at radius 2 is 2.09 bits per heavy atom. The topological polar surface area (TPSA) is 122 Å². The smallest absolute Gasteiger partial charge is 0.339 e. The number of nitrogens with two attached hydrogens (primary N) is 1. The third-order valence-electron chi connectivity index (χ3n) is 3.43. The molecule has 3 aromatic rings. The van der Waals surface area contributed by atoms with Crippen LogP contribution in [0.4, 0.5) is 0 Å². The molecule has 8 heteroatoms. The number of aromatic nitrogens is 3. The molecule has 23 heavy (non-hydrogen) atoms. The van der Waals surface area contributed by atoms with Gasteiger partial charge in [0.2, 0.25) is 5.91 Å². The van der Waals surface area contributed by atoms with E-state index in [2.05, 4.69) is 15.0 Å². The number of aromatic carboxylic acids is 1. The SMILES string of the molecule is CC(C)c1cc(C(N)=O)c(-c2cnc3[nH]cc(C(=O)O)c3n2)s1. The Kier molecular flexibility index (Phi) is 3.61. The second-order valence-electron chi connectivity index (χ2n) is 5.37. The number of nitrogens with one attached hydrogen (secondary N) is 1. The second-order valence-corrected chi connectivity index (χ2v) is 6.45. The first-order valence-corrected chi connectivity index (χ1v) is 7.71. The number of aromatic amines is 1. The third-order valence-corrected chi connectivity index (χ3v) is 4.89. The van der Waals surface area contributed by atoms with Gasteiger partial charge in [0.1, 0.15) is 16.8 Å². The summed E-state index contributed by atoms with van der Waals surface area (Å²) in [5.41, 5.74) is 6.94. The van der Waals surface area contributed by atoms with Gasteiger partial charge in [-0.25, -0.2) is 14.8 Å². The van der Waals surface area contributed by atoms with Crippen LogP contribution in [-0.2, 0) is 0 Å². The molecule has 1 amide bonds. The van der Waals surface area contributed by atoms with Gasteiger partial charge in [-0.05, 0) is 12.0 Å². The van der Waals surface area contributed by atoms with Gasteiger partial charge < -0.3 is 15.8 Å². The van der Waals surface area contributed by atoms with Crippen molar-refractivity contribution in [1.82, 2.24) is 15.0 Å². The monoisotopic (exact) mass is 330 g/mol. The molecule has 0 spiro atoms. The summed E-state index contributed by atoms with van der Waals surface area (Å²) in [4.78, 5) is 35.9. The van der Waals surface area contributed by atoms with Gasteiger partial charge in [-0.3, -0.25) is 4.79 Å². The summed E-state index contributed by atoms with van der Waals surface area (Å²) in [6.07, 6.45) is 2.85. The number of carboxylic acids is 1. The van der Waals surface area contributed by atoms with Crippen molar-refractivity contribution in [1.29, 1.82) is 0 Å². The zero-order valence-electron chi connectivity index (χ0n) is 12.5. The van der Waals surface area contributed by atoms with Crippen LogP contribution in [0, 0.1) is 0 Å². The fourth-order valence-electron chi connectivity index (χ4n) is 2.23. The Bertz CT molecular complexity index is 926. The summed E-state index contributed by atoms with van der Waals surface area (Å²) < 4.78 is 0. The average molecular weight is 330 g/mol. The standard InChI is InChI=1S/C15H14N4O3S/c1-6(2)10-3-7(13(16)20)12(23-10)9-5-18-14-11(19-9)8(4-17-14)15(21)22/h3-6H,1-2H3,(H2,16,20)(H,17,18)(H,21,22). The third kappa shape index (κ3) is 2.57. The molecule has 0 bridgehead atoms. The van der Waals surface area contributed by atoms with Gasteiger partial charge in [-0.1, -0.05) is 13.8 Å².